The van der Waals surface area contributed by atoms with Gasteiger partial charge in [0, 0.05) is 29.8 Å². The van der Waals surface area contributed by atoms with Crippen LogP contribution < -0.4 is 11.1 Å². The normalized spacial score (nSPS) is 29.9. The van der Waals surface area contributed by atoms with Crippen LogP contribution in [-0.2, 0) is 0 Å². The standard InChI is InChI=1S/C9H14N2S2/c10-7-4-11-5-9(13-6-7)8-2-1-3-12-8/h1-3,7,9,11H,4-6,10H2/t7-,9+/m1/s1. The van der Waals surface area contributed by atoms with Crippen LogP contribution >= 0.6 is 23.1 Å². The number of nitrogens with two attached hydrogens (primary N) is 1. The first kappa shape index (κ1) is 9.52. The third-order valence-corrected chi connectivity index (χ3v) is 4.69. The molecule has 0 aliphatic carbocycles. The highest BCUT2D eigenvalue weighted by molar-refractivity contribution is 7.99. The Balaban J connectivity index is 2.00. The summed E-state index contributed by atoms with van der Waals surface area (Å²) in [6.45, 7) is 2.01. The molecule has 1 saturated heterocycles. The molecule has 0 bridgehead atoms. The van der Waals surface area contributed by atoms with Gasteiger partial charge in [-0.2, -0.15) is 0 Å². The molecule has 2 rings (SSSR count). The predicted molar refractivity (Wildman–Crippen MR) is 60.4 cm³/mol. The van der Waals surface area contributed by atoms with Crippen LogP contribution in [0.15, 0.2) is 17.5 Å². The molecular formula is C9H14N2S2. The first-order valence-corrected chi connectivity index (χ1v) is 6.40. The summed E-state index contributed by atoms with van der Waals surface area (Å²) in [6, 6.07) is 4.64. The van der Waals surface area contributed by atoms with Crippen LogP contribution in [0.3, 0.4) is 0 Å². The minimum atomic E-state index is 0.315. The molecule has 1 aromatic rings. The number of nitrogens with one attached hydrogen (secondary N) is 1. The zero-order chi connectivity index (χ0) is 9.10. The zero-order valence-electron chi connectivity index (χ0n) is 7.40. The van der Waals surface area contributed by atoms with E-state index in [9.17, 15) is 0 Å². The van der Waals surface area contributed by atoms with Crippen molar-refractivity contribution in [2.45, 2.75) is 11.3 Å². The summed E-state index contributed by atoms with van der Waals surface area (Å²) in [5.41, 5.74) is 5.87. The molecule has 2 heterocycles. The van der Waals surface area contributed by atoms with E-state index in [0.29, 0.717) is 11.3 Å². The molecule has 0 aromatic carbocycles. The molecular weight excluding hydrogens is 200 g/mol. The minimum Gasteiger partial charge on any atom is -0.326 e. The van der Waals surface area contributed by atoms with Gasteiger partial charge in [0.2, 0.25) is 0 Å². The Bertz CT molecular complexity index is 248. The summed E-state index contributed by atoms with van der Waals surface area (Å²) in [4.78, 5) is 1.46. The van der Waals surface area contributed by atoms with Gasteiger partial charge in [-0.1, -0.05) is 6.07 Å². The lowest BCUT2D eigenvalue weighted by atomic mass is 10.3. The number of thioether (sulfide) groups is 1. The summed E-state index contributed by atoms with van der Waals surface area (Å²) < 4.78 is 0. The highest BCUT2D eigenvalue weighted by atomic mass is 32.2. The van der Waals surface area contributed by atoms with Crippen LogP contribution in [0.2, 0.25) is 0 Å². The zero-order valence-corrected chi connectivity index (χ0v) is 9.03. The molecule has 0 unspecified atom stereocenters. The van der Waals surface area contributed by atoms with Crippen molar-refractivity contribution in [1.82, 2.24) is 5.32 Å². The van der Waals surface area contributed by atoms with Crippen molar-refractivity contribution in [2.75, 3.05) is 18.8 Å². The van der Waals surface area contributed by atoms with Crippen molar-refractivity contribution in [3.63, 3.8) is 0 Å². The van der Waals surface area contributed by atoms with E-state index in [1.165, 1.54) is 4.88 Å². The molecule has 2 atom stereocenters. The van der Waals surface area contributed by atoms with Crippen LogP contribution in [0.1, 0.15) is 10.1 Å². The molecule has 4 heteroatoms. The molecule has 1 aromatic heterocycles. The summed E-state index contributed by atoms with van der Waals surface area (Å²) in [7, 11) is 0. The summed E-state index contributed by atoms with van der Waals surface area (Å²) in [5.74, 6) is 1.07. The summed E-state index contributed by atoms with van der Waals surface area (Å²) in [6.07, 6.45) is 0. The molecule has 1 fully saturated rings. The van der Waals surface area contributed by atoms with Gasteiger partial charge in [-0.15, -0.1) is 23.1 Å². The smallest absolute Gasteiger partial charge is 0.0516 e. The molecule has 0 radical (unpaired) electrons. The van der Waals surface area contributed by atoms with E-state index in [4.69, 9.17) is 5.73 Å². The molecule has 2 nitrogen and oxygen atoms in total. The number of rotatable bonds is 1. The Morgan fingerprint density at radius 1 is 1.46 bits per heavy atom. The van der Waals surface area contributed by atoms with E-state index in [-0.39, 0.29) is 0 Å². The van der Waals surface area contributed by atoms with Crippen LogP contribution in [0.5, 0.6) is 0 Å². The fourth-order valence-electron chi connectivity index (χ4n) is 1.41. The molecule has 0 amide bonds. The second-order valence-electron chi connectivity index (χ2n) is 3.26. The SMILES string of the molecule is N[C@@H]1CNC[C@@H](c2cccs2)SC1. The second-order valence-corrected chi connectivity index (χ2v) is 5.47. The highest BCUT2D eigenvalue weighted by Gasteiger charge is 2.18. The van der Waals surface area contributed by atoms with Crippen LogP contribution in [0.4, 0.5) is 0 Å². The van der Waals surface area contributed by atoms with Crippen molar-refractivity contribution >= 4 is 23.1 Å². The lowest BCUT2D eigenvalue weighted by molar-refractivity contribution is 0.628. The van der Waals surface area contributed by atoms with Crippen molar-refractivity contribution in [1.29, 1.82) is 0 Å². The molecule has 3 N–H and O–H groups in total. The van der Waals surface area contributed by atoms with Gasteiger partial charge in [0.25, 0.3) is 0 Å². The molecule has 0 saturated carbocycles. The largest absolute Gasteiger partial charge is 0.326 e. The quantitative estimate of drug-likeness (QED) is 0.743. The van der Waals surface area contributed by atoms with Crippen LogP contribution in [0, 0.1) is 0 Å². The Morgan fingerprint density at radius 3 is 3.15 bits per heavy atom. The van der Waals surface area contributed by atoms with E-state index in [0.717, 1.165) is 18.8 Å². The monoisotopic (exact) mass is 214 g/mol. The maximum atomic E-state index is 5.87. The Morgan fingerprint density at radius 2 is 2.38 bits per heavy atom. The van der Waals surface area contributed by atoms with Gasteiger partial charge in [0.1, 0.15) is 0 Å². The van der Waals surface area contributed by atoms with Gasteiger partial charge in [-0.05, 0) is 11.4 Å². The maximum absolute atomic E-state index is 5.87. The second kappa shape index (κ2) is 4.46. The number of hydrogen-bond acceptors (Lipinski definition) is 4. The van der Waals surface area contributed by atoms with E-state index in [2.05, 4.69) is 22.8 Å². The molecule has 13 heavy (non-hydrogen) atoms. The molecule has 0 spiro atoms. The highest BCUT2D eigenvalue weighted by Crippen LogP contribution is 2.32. The van der Waals surface area contributed by atoms with Crippen LogP contribution in [-0.4, -0.2) is 24.9 Å². The third-order valence-electron chi connectivity index (χ3n) is 2.11. The maximum Gasteiger partial charge on any atom is 0.0516 e. The van der Waals surface area contributed by atoms with Gasteiger partial charge < -0.3 is 11.1 Å². The summed E-state index contributed by atoms with van der Waals surface area (Å²) >= 11 is 3.81. The number of thiophene rings is 1. The molecule has 1 aliphatic heterocycles. The van der Waals surface area contributed by atoms with Crippen molar-refractivity contribution in [2.24, 2.45) is 5.73 Å². The van der Waals surface area contributed by atoms with E-state index in [1.807, 2.05) is 23.1 Å². The first-order valence-electron chi connectivity index (χ1n) is 4.47. The van der Waals surface area contributed by atoms with Crippen molar-refractivity contribution < 1.29 is 0 Å². The Labute approximate surface area is 86.9 Å². The average Bonchev–Trinajstić information content (AvgIpc) is 2.56. The minimum absolute atomic E-state index is 0.315. The molecule has 1 aliphatic rings. The van der Waals surface area contributed by atoms with Gasteiger partial charge in [-0.3, -0.25) is 0 Å². The van der Waals surface area contributed by atoms with Gasteiger partial charge >= 0.3 is 0 Å². The number of hydrogen-bond donors (Lipinski definition) is 2. The van der Waals surface area contributed by atoms with Gasteiger partial charge in [0.15, 0.2) is 0 Å². The van der Waals surface area contributed by atoms with Crippen molar-refractivity contribution in [3.8, 4) is 0 Å². The summed E-state index contributed by atoms with van der Waals surface area (Å²) in [5, 5.41) is 6.14. The predicted octanol–water partition coefficient (Wildman–Crippen LogP) is 1.45. The first-order chi connectivity index (χ1) is 6.36. The van der Waals surface area contributed by atoms with Crippen LogP contribution in [0.25, 0.3) is 0 Å². The Kier molecular flexibility index (Phi) is 3.27. The fourth-order valence-corrected chi connectivity index (χ4v) is 3.57. The third kappa shape index (κ3) is 2.47. The fraction of sp³-hybridized carbons (Fsp3) is 0.556. The van der Waals surface area contributed by atoms with E-state index in [1.54, 1.807) is 0 Å². The lowest BCUT2D eigenvalue weighted by Gasteiger charge is -2.10. The van der Waals surface area contributed by atoms with E-state index >= 15 is 0 Å². The van der Waals surface area contributed by atoms with Gasteiger partial charge in [0.05, 0.1) is 5.25 Å². The molecule has 72 valence electrons. The topological polar surface area (TPSA) is 38.0 Å². The Hall–Kier alpha value is -0.0300. The van der Waals surface area contributed by atoms with E-state index < -0.39 is 0 Å². The van der Waals surface area contributed by atoms with Crippen molar-refractivity contribution in [3.05, 3.63) is 22.4 Å². The lowest BCUT2D eigenvalue weighted by Crippen LogP contribution is -2.33. The average molecular weight is 214 g/mol. The van der Waals surface area contributed by atoms with Gasteiger partial charge in [-0.25, -0.2) is 0 Å².